The van der Waals surface area contributed by atoms with Gasteiger partial charge in [0.2, 0.25) is 5.88 Å². The van der Waals surface area contributed by atoms with Crippen molar-refractivity contribution in [2.24, 2.45) is 5.73 Å². The number of nitrogen functional groups attached to an aromatic ring is 1. The van der Waals surface area contributed by atoms with Gasteiger partial charge >= 0.3 is 0 Å². The number of hydrogen-bond acceptors (Lipinski definition) is 3. The van der Waals surface area contributed by atoms with Crippen molar-refractivity contribution in [3.63, 3.8) is 0 Å². The predicted octanol–water partition coefficient (Wildman–Crippen LogP) is 1.64. The molecule has 0 bridgehead atoms. The molecule has 3 rings (SSSR count). The lowest BCUT2D eigenvalue weighted by atomic mass is 9.98. The molecular formula is C13H12ClN3O2. The summed E-state index contributed by atoms with van der Waals surface area (Å²) in [5.41, 5.74) is 7.96. The molecule has 0 saturated carbocycles. The third-order valence-corrected chi connectivity index (χ3v) is 2.97. The van der Waals surface area contributed by atoms with Crippen LogP contribution in [-0.2, 0) is 6.61 Å². The number of nitrogens with one attached hydrogen (secondary N) is 2. The summed E-state index contributed by atoms with van der Waals surface area (Å²) in [6.45, 7) is 0.429. The summed E-state index contributed by atoms with van der Waals surface area (Å²) in [5.74, 6) is 0.186. The van der Waals surface area contributed by atoms with E-state index in [-0.39, 0.29) is 23.8 Å². The summed E-state index contributed by atoms with van der Waals surface area (Å²) in [4.78, 5) is 14.3. The maximum Gasteiger partial charge on any atom is 0.261 e. The normalized spacial score (nSPS) is 11.6. The first-order valence-corrected chi connectivity index (χ1v) is 5.49. The van der Waals surface area contributed by atoms with Gasteiger partial charge in [0.15, 0.2) is 0 Å². The number of benzene rings is 1. The number of ether oxygens (including phenoxy) is 1. The van der Waals surface area contributed by atoms with E-state index in [2.05, 4.69) is 4.98 Å². The number of hydrogen-bond donors (Lipinski definition) is 3. The molecule has 1 aliphatic rings. The maximum atomic E-state index is 11.7. The average molecular weight is 278 g/mol. The Bertz CT molecular complexity index is 709. The first-order chi connectivity index (χ1) is 8.66. The first kappa shape index (κ1) is 13.2. The van der Waals surface area contributed by atoms with Gasteiger partial charge in [0.25, 0.3) is 5.56 Å². The van der Waals surface area contributed by atoms with Gasteiger partial charge in [0, 0.05) is 5.56 Å². The van der Waals surface area contributed by atoms with E-state index in [0.29, 0.717) is 12.5 Å². The minimum Gasteiger partial charge on any atom is -0.474 e. The van der Waals surface area contributed by atoms with Gasteiger partial charge in [-0.05, 0) is 17.2 Å². The van der Waals surface area contributed by atoms with Crippen LogP contribution in [0.5, 0.6) is 5.88 Å². The van der Waals surface area contributed by atoms with Gasteiger partial charge in [-0.3, -0.25) is 15.2 Å². The minimum absolute atomic E-state index is 0. The molecule has 19 heavy (non-hydrogen) atoms. The number of nitrogens with two attached hydrogens (primary N) is 1. The standard InChI is InChI=1S/C13H11N3O2.ClH/c14-11(15)10-5-9-8-4-2-1-3-7(8)6-18-13(9)16-12(10)17;/h1-5H,6H2,(H3,14,15)(H,16,17);1H. The molecule has 5 nitrogen and oxygen atoms in total. The lowest BCUT2D eigenvalue weighted by molar-refractivity contribution is 0.289. The van der Waals surface area contributed by atoms with Gasteiger partial charge in [0.1, 0.15) is 12.4 Å². The molecular weight excluding hydrogens is 266 g/mol. The van der Waals surface area contributed by atoms with Crippen LogP contribution in [-0.4, -0.2) is 10.8 Å². The number of amidine groups is 1. The second-order valence-corrected chi connectivity index (χ2v) is 4.11. The molecule has 1 aliphatic heterocycles. The number of aromatic amines is 1. The van der Waals surface area contributed by atoms with Gasteiger partial charge in [-0.2, -0.15) is 0 Å². The molecule has 0 amide bonds. The van der Waals surface area contributed by atoms with Crippen LogP contribution in [0.3, 0.4) is 0 Å². The van der Waals surface area contributed by atoms with E-state index in [4.69, 9.17) is 15.9 Å². The van der Waals surface area contributed by atoms with Crippen molar-refractivity contribution in [1.29, 1.82) is 5.41 Å². The highest BCUT2D eigenvalue weighted by Gasteiger charge is 2.19. The van der Waals surface area contributed by atoms with Crippen LogP contribution in [0, 0.1) is 5.41 Å². The molecule has 0 fully saturated rings. The smallest absolute Gasteiger partial charge is 0.261 e. The first-order valence-electron chi connectivity index (χ1n) is 5.49. The van der Waals surface area contributed by atoms with Gasteiger partial charge in [-0.15, -0.1) is 12.4 Å². The third-order valence-electron chi connectivity index (χ3n) is 2.97. The van der Waals surface area contributed by atoms with Crippen LogP contribution in [0.15, 0.2) is 35.1 Å². The number of H-pyrrole nitrogens is 1. The number of aromatic nitrogens is 1. The molecule has 98 valence electrons. The minimum atomic E-state index is -0.402. The zero-order chi connectivity index (χ0) is 12.7. The Morgan fingerprint density at radius 3 is 2.79 bits per heavy atom. The molecule has 0 aliphatic carbocycles. The topological polar surface area (TPSA) is 92.0 Å². The largest absolute Gasteiger partial charge is 0.474 e. The second kappa shape index (κ2) is 4.78. The van der Waals surface area contributed by atoms with Gasteiger partial charge < -0.3 is 10.5 Å². The Labute approximate surface area is 115 Å². The summed E-state index contributed by atoms with van der Waals surface area (Å²) in [6.07, 6.45) is 0. The van der Waals surface area contributed by atoms with Crippen molar-refractivity contribution in [3.05, 3.63) is 51.8 Å². The highest BCUT2D eigenvalue weighted by atomic mass is 35.5. The lowest BCUT2D eigenvalue weighted by Crippen LogP contribution is -2.25. The Hall–Kier alpha value is -2.27. The van der Waals surface area contributed by atoms with E-state index in [0.717, 1.165) is 16.7 Å². The number of fused-ring (bicyclic) bond motifs is 3. The van der Waals surface area contributed by atoms with E-state index in [1.54, 1.807) is 6.07 Å². The molecule has 4 N–H and O–H groups in total. The summed E-state index contributed by atoms with van der Waals surface area (Å²) in [6, 6.07) is 9.39. The fraction of sp³-hybridized carbons (Fsp3) is 0.0769. The third kappa shape index (κ3) is 2.08. The molecule has 0 saturated heterocycles. The summed E-state index contributed by atoms with van der Waals surface area (Å²) in [7, 11) is 0. The Kier molecular flexibility index (Phi) is 3.31. The monoisotopic (exact) mass is 277 g/mol. The van der Waals surface area contributed by atoms with Crippen LogP contribution in [0.25, 0.3) is 11.1 Å². The Balaban J connectivity index is 0.00000133. The summed E-state index contributed by atoms with van der Waals surface area (Å²) in [5, 5.41) is 7.39. The zero-order valence-electron chi connectivity index (χ0n) is 9.90. The van der Waals surface area contributed by atoms with E-state index in [1.807, 2.05) is 24.3 Å². The van der Waals surface area contributed by atoms with Crippen LogP contribution in [0.4, 0.5) is 0 Å². The predicted molar refractivity (Wildman–Crippen MR) is 75.1 cm³/mol. The Morgan fingerprint density at radius 2 is 2.05 bits per heavy atom. The van der Waals surface area contributed by atoms with Crippen LogP contribution in [0.1, 0.15) is 11.1 Å². The number of rotatable bonds is 1. The zero-order valence-corrected chi connectivity index (χ0v) is 10.7. The highest BCUT2D eigenvalue weighted by Crippen LogP contribution is 2.35. The van der Waals surface area contributed by atoms with Crippen molar-refractivity contribution in [1.82, 2.24) is 4.98 Å². The van der Waals surface area contributed by atoms with Crippen molar-refractivity contribution < 1.29 is 4.74 Å². The highest BCUT2D eigenvalue weighted by molar-refractivity contribution is 5.96. The summed E-state index contributed by atoms with van der Waals surface area (Å²) >= 11 is 0. The van der Waals surface area contributed by atoms with E-state index in [9.17, 15) is 4.79 Å². The number of halogens is 1. The molecule has 2 heterocycles. The molecule has 0 spiro atoms. The fourth-order valence-corrected chi connectivity index (χ4v) is 2.09. The molecule has 1 aromatic carbocycles. The van der Waals surface area contributed by atoms with Gasteiger partial charge in [-0.1, -0.05) is 24.3 Å². The molecule has 2 aromatic rings. The Morgan fingerprint density at radius 1 is 1.32 bits per heavy atom. The van der Waals surface area contributed by atoms with Crippen molar-refractivity contribution in [2.45, 2.75) is 6.61 Å². The summed E-state index contributed by atoms with van der Waals surface area (Å²) < 4.78 is 5.50. The van der Waals surface area contributed by atoms with E-state index in [1.165, 1.54) is 0 Å². The quantitative estimate of drug-likeness (QED) is 0.546. The van der Waals surface area contributed by atoms with Crippen molar-refractivity contribution in [2.75, 3.05) is 0 Å². The van der Waals surface area contributed by atoms with Crippen LogP contribution < -0.4 is 16.0 Å². The second-order valence-electron chi connectivity index (χ2n) is 4.11. The lowest BCUT2D eigenvalue weighted by Gasteiger charge is -2.20. The van der Waals surface area contributed by atoms with Crippen LogP contribution in [0.2, 0.25) is 0 Å². The van der Waals surface area contributed by atoms with Gasteiger partial charge in [-0.25, -0.2) is 0 Å². The fourth-order valence-electron chi connectivity index (χ4n) is 2.09. The molecule has 0 atom stereocenters. The van der Waals surface area contributed by atoms with E-state index < -0.39 is 5.56 Å². The van der Waals surface area contributed by atoms with Crippen molar-refractivity contribution >= 4 is 18.2 Å². The molecule has 6 heteroatoms. The average Bonchev–Trinajstić information content (AvgIpc) is 2.37. The SMILES string of the molecule is Cl.N=C(N)c1cc2c([nH]c1=O)OCc1ccccc1-2. The number of pyridine rings is 1. The van der Waals surface area contributed by atoms with Gasteiger partial charge in [0.05, 0.1) is 5.56 Å². The van der Waals surface area contributed by atoms with Crippen LogP contribution >= 0.6 is 12.4 Å². The molecule has 0 radical (unpaired) electrons. The van der Waals surface area contributed by atoms with E-state index >= 15 is 0 Å². The molecule has 0 unspecified atom stereocenters. The van der Waals surface area contributed by atoms with Crippen molar-refractivity contribution in [3.8, 4) is 17.0 Å². The maximum absolute atomic E-state index is 11.7. The molecule has 1 aromatic heterocycles.